The van der Waals surface area contributed by atoms with Crippen LogP contribution < -0.4 is 4.74 Å². The van der Waals surface area contributed by atoms with Crippen LogP contribution in [0.4, 0.5) is 4.79 Å². The molecule has 3 aromatic heterocycles. The van der Waals surface area contributed by atoms with Crippen LogP contribution in [0.1, 0.15) is 112 Å². The minimum absolute atomic E-state index is 0.185. The molecule has 1 amide bonds. The third-order valence-corrected chi connectivity index (χ3v) is 10.5. The van der Waals surface area contributed by atoms with Crippen molar-refractivity contribution in [3.8, 4) is 10.8 Å². The molecular formula is C39H52N6O4S. The van der Waals surface area contributed by atoms with Crippen molar-refractivity contribution in [1.29, 1.82) is 0 Å². The van der Waals surface area contributed by atoms with Gasteiger partial charge in [-0.2, -0.15) is 0 Å². The molecule has 0 radical (unpaired) electrons. The van der Waals surface area contributed by atoms with Gasteiger partial charge in [-0.3, -0.25) is 9.56 Å². The topological polar surface area (TPSA) is 108 Å². The van der Waals surface area contributed by atoms with Crippen LogP contribution >= 0.6 is 11.3 Å². The normalized spacial score (nSPS) is 17.8. The van der Waals surface area contributed by atoms with Crippen molar-refractivity contribution in [3.63, 3.8) is 0 Å². The summed E-state index contributed by atoms with van der Waals surface area (Å²) < 4.78 is 19.8. The van der Waals surface area contributed by atoms with Crippen molar-refractivity contribution >= 4 is 23.1 Å². The number of fused-ring (bicyclic) bond motifs is 3. The van der Waals surface area contributed by atoms with Crippen molar-refractivity contribution in [2.75, 3.05) is 13.1 Å². The van der Waals surface area contributed by atoms with Gasteiger partial charge in [0.15, 0.2) is 11.7 Å². The van der Waals surface area contributed by atoms with Gasteiger partial charge in [-0.05, 0) is 109 Å². The summed E-state index contributed by atoms with van der Waals surface area (Å²) in [5.41, 5.74) is 4.07. The number of carbonyl (C=O) groups is 1. The number of likely N-dealkylation sites (tertiary alicyclic amines) is 1. The second-order valence-electron chi connectivity index (χ2n) is 14.1. The average Bonchev–Trinajstić information content (AvgIpc) is 3.77. The molecule has 2 fully saturated rings. The lowest BCUT2D eigenvalue weighted by molar-refractivity contribution is -0.0583. The highest BCUT2D eigenvalue weighted by molar-refractivity contribution is 7.15. The van der Waals surface area contributed by atoms with E-state index in [0.29, 0.717) is 12.3 Å². The quantitative estimate of drug-likeness (QED) is 0.191. The predicted octanol–water partition coefficient (Wildman–Crippen LogP) is 9.15. The van der Waals surface area contributed by atoms with E-state index in [0.717, 1.165) is 78.0 Å². The molecule has 1 saturated carbocycles. The first-order valence-electron chi connectivity index (χ1n) is 17.7. The molecule has 1 aliphatic carbocycles. The minimum Gasteiger partial charge on any atom is -0.490 e. The van der Waals surface area contributed by atoms with E-state index in [1.54, 1.807) is 29.9 Å². The van der Waals surface area contributed by atoms with Crippen LogP contribution in [0.25, 0.3) is 5.00 Å². The van der Waals surface area contributed by atoms with Gasteiger partial charge in [0.05, 0.1) is 24.4 Å². The molecule has 7 rings (SSSR count). The third-order valence-electron chi connectivity index (χ3n) is 9.32. The lowest BCUT2D eigenvalue weighted by atomic mass is 9.61. The van der Waals surface area contributed by atoms with Crippen LogP contribution in [0.15, 0.2) is 58.8 Å². The SMILES string of the molecule is C=CC.CC.Cc1sc2c(c1C)C(c1ccc(OC3CC4(CCN(C(=O)OC(C)(C)C)CC4)C3)cc1)=NC(Cc1ncco1)c1nnc(C)n1-2. The van der Waals surface area contributed by atoms with E-state index in [9.17, 15) is 4.79 Å². The van der Waals surface area contributed by atoms with Gasteiger partial charge in [-0.15, -0.1) is 28.1 Å². The number of piperidine rings is 1. The number of aliphatic imine (C=N–C) groups is 1. The Kier molecular flexibility index (Phi) is 11.3. The second kappa shape index (κ2) is 15.3. The van der Waals surface area contributed by atoms with Crippen LogP contribution in [0.5, 0.6) is 5.75 Å². The summed E-state index contributed by atoms with van der Waals surface area (Å²) in [7, 11) is 0. The van der Waals surface area contributed by atoms with Gasteiger partial charge in [-0.1, -0.05) is 19.9 Å². The van der Waals surface area contributed by atoms with E-state index in [1.165, 1.54) is 10.4 Å². The molecule has 10 nitrogen and oxygen atoms in total. The molecule has 2 aliphatic heterocycles. The van der Waals surface area contributed by atoms with Gasteiger partial charge in [0.1, 0.15) is 34.5 Å². The van der Waals surface area contributed by atoms with Crippen molar-refractivity contribution in [3.05, 3.63) is 88.5 Å². The zero-order chi connectivity index (χ0) is 36.2. The predicted molar refractivity (Wildman–Crippen MR) is 199 cm³/mol. The number of aryl methyl sites for hydroxylation is 2. The summed E-state index contributed by atoms with van der Waals surface area (Å²) in [6.07, 6.45) is 9.49. The van der Waals surface area contributed by atoms with Gasteiger partial charge >= 0.3 is 6.09 Å². The molecule has 0 N–H and O–H groups in total. The molecule has 1 saturated heterocycles. The molecule has 3 aliphatic rings. The van der Waals surface area contributed by atoms with E-state index in [2.05, 4.69) is 64.4 Å². The highest BCUT2D eigenvalue weighted by Gasteiger charge is 2.48. The summed E-state index contributed by atoms with van der Waals surface area (Å²) in [5.74, 6) is 3.10. The molecule has 1 spiro atoms. The Morgan fingerprint density at radius 2 is 1.76 bits per heavy atom. The van der Waals surface area contributed by atoms with Crippen molar-refractivity contribution in [1.82, 2.24) is 24.6 Å². The van der Waals surface area contributed by atoms with Gasteiger partial charge < -0.3 is 18.8 Å². The Hall–Kier alpha value is -4.25. The van der Waals surface area contributed by atoms with Crippen LogP contribution in [-0.2, 0) is 11.2 Å². The molecule has 11 heteroatoms. The molecule has 1 atom stereocenters. The number of carbonyl (C=O) groups excluding carboxylic acids is 1. The van der Waals surface area contributed by atoms with E-state index in [-0.39, 0.29) is 23.7 Å². The van der Waals surface area contributed by atoms with E-state index >= 15 is 0 Å². The number of amides is 1. The number of ether oxygens (including phenoxy) is 2. The molecule has 50 heavy (non-hydrogen) atoms. The zero-order valence-corrected chi connectivity index (χ0v) is 31.9. The minimum atomic E-state index is -0.470. The van der Waals surface area contributed by atoms with Crippen molar-refractivity contribution in [2.45, 2.75) is 112 Å². The fraction of sp³-hybridized carbons (Fsp3) is 0.513. The third kappa shape index (κ3) is 7.88. The van der Waals surface area contributed by atoms with E-state index < -0.39 is 5.60 Å². The molecule has 0 bridgehead atoms. The number of rotatable bonds is 5. The van der Waals surface area contributed by atoms with Crippen LogP contribution in [-0.4, -0.2) is 61.2 Å². The van der Waals surface area contributed by atoms with Crippen molar-refractivity contribution in [2.24, 2.45) is 10.4 Å². The molecule has 1 unspecified atom stereocenters. The summed E-state index contributed by atoms with van der Waals surface area (Å²) >= 11 is 1.75. The first kappa shape index (κ1) is 37.0. The Bertz CT molecular complexity index is 1780. The lowest BCUT2D eigenvalue weighted by Gasteiger charge is -2.51. The van der Waals surface area contributed by atoms with Gasteiger partial charge in [0, 0.05) is 29.1 Å². The highest BCUT2D eigenvalue weighted by Crippen LogP contribution is 2.50. The first-order valence-corrected chi connectivity index (χ1v) is 18.5. The molecule has 4 aromatic rings. The smallest absolute Gasteiger partial charge is 0.410 e. The highest BCUT2D eigenvalue weighted by atomic mass is 32.1. The fourth-order valence-corrected chi connectivity index (χ4v) is 8.03. The van der Waals surface area contributed by atoms with Gasteiger partial charge in [-0.25, -0.2) is 9.78 Å². The fourth-order valence-electron chi connectivity index (χ4n) is 6.82. The maximum absolute atomic E-state index is 12.5. The van der Waals surface area contributed by atoms with Gasteiger partial charge in [0.25, 0.3) is 0 Å². The first-order chi connectivity index (χ1) is 23.9. The number of aromatic nitrogens is 4. The summed E-state index contributed by atoms with van der Waals surface area (Å²) in [5, 5.41) is 10.1. The summed E-state index contributed by atoms with van der Waals surface area (Å²) in [4.78, 5) is 25.3. The van der Waals surface area contributed by atoms with Crippen LogP contribution in [0, 0.1) is 26.2 Å². The number of allylic oxidation sites excluding steroid dienone is 1. The number of thiophene rings is 1. The van der Waals surface area contributed by atoms with Crippen LogP contribution in [0.2, 0.25) is 0 Å². The number of oxazole rings is 1. The number of benzene rings is 1. The largest absolute Gasteiger partial charge is 0.490 e. The summed E-state index contributed by atoms with van der Waals surface area (Å²) in [6.45, 7) is 22.8. The van der Waals surface area contributed by atoms with Crippen molar-refractivity contribution < 1.29 is 18.7 Å². The Balaban J connectivity index is 0.000000924. The lowest BCUT2D eigenvalue weighted by Crippen LogP contribution is -2.52. The second-order valence-corrected chi connectivity index (χ2v) is 15.3. The van der Waals surface area contributed by atoms with Crippen LogP contribution in [0.3, 0.4) is 0 Å². The number of hydrogen-bond acceptors (Lipinski definition) is 9. The maximum atomic E-state index is 12.5. The zero-order valence-electron chi connectivity index (χ0n) is 31.1. The summed E-state index contributed by atoms with van der Waals surface area (Å²) in [6, 6.07) is 8.03. The number of nitrogens with zero attached hydrogens (tertiary/aromatic N) is 6. The Morgan fingerprint density at radius 1 is 1.10 bits per heavy atom. The van der Waals surface area contributed by atoms with E-state index in [4.69, 9.17) is 18.9 Å². The molecule has 1 aromatic carbocycles. The maximum Gasteiger partial charge on any atom is 0.410 e. The molecule has 268 valence electrons. The molecular weight excluding hydrogens is 649 g/mol. The van der Waals surface area contributed by atoms with Gasteiger partial charge in [0.2, 0.25) is 0 Å². The standard InChI is InChI=1S/C34H40N6O4S.C3H6.C2H6/c1-20-21(2)45-31-28(20)29(36-26(17-27-35-13-16-42-27)30-38-37-22(3)40(30)31)23-7-9-24(10-8-23)43-25-18-34(19-25)11-14-39(15-12-34)32(41)44-33(4,5)6;1-3-2;1-2/h7-10,13,16,25-26H,11-12,14-15,17-19H2,1-6H3;3H,1H2,2H3;1-2H3. The average molecular weight is 701 g/mol. The monoisotopic (exact) mass is 700 g/mol. The molecule has 5 heterocycles. The number of hydrogen-bond donors (Lipinski definition) is 0. The Labute approximate surface area is 300 Å². The van der Waals surface area contributed by atoms with E-state index in [1.807, 2.05) is 53.4 Å². The Morgan fingerprint density at radius 3 is 2.36 bits per heavy atom.